The summed E-state index contributed by atoms with van der Waals surface area (Å²) in [6.07, 6.45) is 2.56. The molecule has 1 aliphatic rings. The molecule has 2 heterocycles. The van der Waals surface area contributed by atoms with Crippen molar-refractivity contribution in [2.24, 2.45) is 0 Å². The van der Waals surface area contributed by atoms with Gasteiger partial charge in [0, 0.05) is 29.9 Å². The fourth-order valence-electron chi connectivity index (χ4n) is 3.08. The number of allylic oxidation sites excluding steroid dienone is 1. The van der Waals surface area contributed by atoms with Crippen molar-refractivity contribution in [2.45, 2.75) is 26.8 Å². The number of hydrogen-bond donors (Lipinski definition) is 0. The summed E-state index contributed by atoms with van der Waals surface area (Å²) in [5, 5.41) is 0. The Labute approximate surface area is 158 Å². The Hall–Kier alpha value is -3.02. The second kappa shape index (κ2) is 8.12. The number of carbonyl (C=O) groups is 2. The lowest BCUT2D eigenvalue weighted by Gasteiger charge is -2.09. The van der Waals surface area contributed by atoms with Crippen molar-refractivity contribution >= 4 is 11.8 Å². The predicted octanol–water partition coefficient (Wildman–Crippen LogP) is 3.49. The van der Waals surface area contributed by atoms with E-state index >= 15 is 0 Å². The molecule has 0 unspecified atom stereocenters. The first-order valence-electron chi connectivity index (χ1n) is 8.89. The molecule has 27 heavy (non-hydrogen) atoms. The van der Waals surface area contributed by atoms with Crippen LogP contribution < -0.4 is 9.47 Å². The molecule has 0 saturated carbocycles. The van der Waals surface area contributed by atoms with Crippen LogP contribution in [-0.4, -0.2) is 36.1 Å². The van der Waals surface area contributed by atoms with Gasteiger partial charge in [-0.1, -0.05) is 6.08 Å². The maximum atomic E-state index is 12.5. The largest absolute Gasteiger partial charge is 0.490 e. The number of fused-ring (bicyclic) bond motifs is 1. The first kappa shape index (κ1) is 18.8. The second-order valence-corrected chi connectivity index (χ2v) is 6.40. The number of benzene rings is 1. The summed E-state index contributed by atoms with van der Waals surface area (Å²) < 4.78 is 18.3. The predicted molar refractivity (Wildman–Crippen MR) is 101 cm³/mol. The van der Waals surface area contributed by atoms with Crippen LogP contribution in [0.4, 0.5) is 0 Å². The molecular weight excluding hydrogens is 346 g/mol. The van der Waals surface area contributed by atoms with Crippen molar-refractivity contribution < 1.29 is 23.8 Å². The van der Waals surface area contributed by atoms with Gasteiger partial charge in [-0.3, -0.25) is 4.79 Å². The van der Waals surface area contributed by atoms with Crippen LogP contribution in [0, 0.1) is 13.8 Å². The average Bonchev–Trinajstić information content (AvgIpc) is 2.84. The van der Waals surface area contributed by atoms with Crippen LogP contribution in [-0.2, 0) is 11.3 Å². The minimum absolute atomic E-state index is 0.235. The molecule has 2 aromatic rings. The smallest absolute Gasteiger partial charge is 0.338 e. The molecule has 0 spiro atoms. The normalized spacial score (nSPS) is 13.0. The fraction of sp³-hybridized carbons (Fsp3) is 0.333. The van der Waals surface area contributed by atoms with Gasteiger partial charge in [-0.2, -0.15) is 0 Å². The number of hydrogen-bond acceptors (Lipinski definition) is 5. The quantitative estimate of drug-likeness (QED) is 0.443. The number of aromatic nitrogens is 1. The Morgan fingerprint density at radius 3 is 2.67 bits per heavy atom. The molecule has 1 aliphatic heterocycles. The molecular formula is C21H23NO5. The summed E-state index contributed by atoms with van der Waals surface area (Å²) in [5.41, 5.74) is 2.68. The highest BCUT2D eigenvalue weighted by Crippen LogP contribution is 2.30. The number of nitrogens with zero attached hydrogens (tertiary/aromatic N) is 1. The minimum Gasteiger partial charge on any atom is -0.490 e. The Morgan fingerprint density at radius 2 is 1.93 bits per heavy atom. The second-order valence-electron chi connectivity index (χ2n) is 6.40. The lowest BCUT2D eigenvalue weighted by atomic mass is 10.1. The van der Waals surface area contributed by atoms with Gasteiger partial charge in [0.05, 0.1) is 18.8 Å². The molecule has 1 aromatic carbocycles. The fourth-order valence-corrected chi connectivity index (χ4v) is 3.08. The zero-order chi connectivity index (χ0) is 19.4. The highest BCUT2D eigenvalue weighted by atomic mass is 16.5. The molecule has 0 bridgehead atoms. The van der Waals surface area contributed by atoms with Crippen LogP contribution in [0.15, 0.2) is 36.9 Å². The van der Waals surface area contributed by atoms with Crippen molar-refractivity contribution in [3.05, 3.63) is 59.4 Å². The van der Waals surface area contributed by atoms with Gasteiger partial charge in [-0.25, -0.2) is 4.79 Å². The van der Waals surface area contributed by atoms with Crippen LogP contribution in [0.5, 0.6) is 11.5 Å². The molecule has 1 aromatic heterocycles. The third-order valence-corrected chi connectivity index (χ3v) is 4.50. The number of rotatable bonds is 6. The lowest BCUT2D eigenvalue weighted by Crippen LogP contribution is -2.15. The van der Waals surface area contributed by atoms with Crippen LogP contribution in [0.3, 0.4) is 0 Å². The molecule has 0 aliphatic carbocycles. The van der Waals surface area contributed by atoms with E-state index in [-0.39, 0.29) is 12.4 Å². The van der Waals surface area contributed by atoms with Crippen molar-refractivity contribution in [3.8, 4) is 11.5 Å². The molecule has 6 nitrogen and oxygen atoms in total. The first-order valence-corrected chi connectivity index (χ1v) is 8.89. The summed E-state index contributed by atoms with van der Waals surface area (Å²) >= 11 is 0. The van der Waals surface area contributed by atoms with E-state index in [1.165, 1.54) is 0 Å². The van der Waals surface area contributed by atoms with Crippen molar-refractivity contribution in [1.29, 1.82) is 0 Å². The zero-order valence-corrected chi connectivity index (χ0v) is 15.6. The molecule has 0 N–H and O–H groups in total. The monoisotopic (exact) mass is 369 g/mol. The van der Waals surface area contributed by atoms with Crippen molar-refractivity contribution in [1.82, 2.24) is 4.57 Å². The van der Waals surface area contributed by atoms with Crippen LogP contribution >= 0.6 is 0 Å². The van der Waals surface area contributed by atoms with Gasteiger partial charge in [0.2, 0.25) is 5.78 Å². The van der Waals surface area contributed by atoms with Crippen molar-refractivity contribution in [3.63, 3.8) is 0 Å². The van der Waals surface area contributed by atoms with Gasteiger partial charge in [0.25, 0.3) is 0 Å². The Bertz CT molecular complexity index is 881. The summed E-state index contributed by atoms with van der Waals surface area (Å²) in [7, 11) is 0. The number of Topliss-reactive ketones (excluding diaryl/α,β-unsaturated/α-hetero) is 1. The molecule has 6 heteroatoms. The molecule has 3 rings (SSSR count). The lowest BCUT2D eigenvalue weighted by molar-refractivity contribution is 0.0474. The summed E-state index contributed by atoms with van der Waals surface area (Å²) in [4.78, 5) is 24.8. The van der Waals surface area contributed by atoms with Gasteiger partial charge in [0.1, 0.15) is 0 Å². The van der Waals surface area contributed by atoms with E-state index in [0.29, 0.717) is 42.4 Å². The number of esters is 1. The van der Waals surface area contributed by atoms with Gasteiger partial charge in [-0.05, 0) is 38.1 Å². The van der Waals surface area contributed by atoms with E-state index < -0.39 is 5.97 Å². The summed E-state index contributed by atoms with van der Waals surface area (Å²) in [5.74, 6) is 0.316. The highest BCUT2D eigenvalue weighted by Gasteiger charge is 2.19. The number of ether oxygens (including phenoxy) is 3. The Morgan fingerprint density at radius 1 is 1.19 bits per heavy atom. The average molecular weight is 369 g/mol. The van der Waals surface area contributed by atoms with Gasteiger partial charge < -0.3 is 18.8 Å². The molecule has 0 saturated heterocycles. The molecule has 0 amide bonds. The first-order chi connectivity index (χ1) is 13.0. The van der Waals surface area contributed by atoms with E-state index in [9.17, 15) is 9.59 Å². The Balaban J connectivity index is 1.67. The number of ketones is 1. The highest BCUT2D eigenvalue weighted by molar-refractivity contribution is 6.00. The zero-order valence-electron chi connectivity index (χ0n) is 15.6. The van der Waals surface area contributed by atoms with Gasteiger partial charge in [-0.15, -0.1) is 6.58 Å². The third kappa shape index (κ3) is 4.05. The number of aryl methyl sites for hydroxylation is 1. The maximum absolute atomic E-state index is 12.5. The van der Waals surface area contributed by atoms with E-state index in [0.717, 1.165) is 17.8 Å². The van der Waals surface area contributed by atoms with Crippen LogP contribution in [0.25, 0.3) is 0 Å². The molecule has 0 radical (unpaired) electrons. The van der Waals surface area contributed by atoms with Gasteiger partial charge >= 0.3 is 5.97 Å². The molecule has 0 fully saturated rings. The van der Waals surface area contributed by atoms with E-state index in [2.05, 4.69) is 6.58 Å². The summed E-state index contributed by atoms with van der Waals surface area (Å²) in [6, 6.07) is 6.68. The van der Waals surface area contributed by atoms with E-state index in [1.807, 2.05) is 24.5 Å². The Kier molecular flexibility index (Phi) is 5.64. The number of carbonyl (C=O) groups excluding carboxylic acids is 2. The SMILES string of the molecule is C=CCn1c(C)cc(C(=O)COC(=O)c2ccc3c(c2)OCCCO3)c1C. The summed E-state index contributed by atoms with van der Waals surface area (Å²) in [6.45, 7) is 8.95. The molecule has 0 atom stereocenters. The van der Waals surface area contributed by atoms with Crippen LogP contribution in [0.2, 0.25) is 0 Å². The standard InChI is InChI=1S/C21H23NO5/c1-4-8-22-14(2)11-17(15(22)3)18(23)13-27-21(24)16-6-7-19-20(12-16)26-10-5-9-25-19/h4,6-7,11-12H,1,5,8-10,13H2,2-3H3. The minimum atomic E-state index is -0.570. The van der Waals surface area contributed by atoms with E-state index in [1.54, 1.807) is 24.3 Å². The maximum Gasteiger partial charge on any atom is 0.338 e. The van der Waals surface area contributed by atoms with E-state index in [4.69, 9.17) is 14.2 Å². The third-order valence-electron chi connectivity index (χ3n) is 4.50. The topological polar surface area (TPSA) is 66.8 Å². The van der Waals surface area contributed by atoms with Crippen LogP contribution in [0.1, 0.15) is 38.5 Å². The van der Waals surface area contributed by atoms with Crippen molar-refractivity contribution in [2.75, 3.05) is 19.8 Å². The van der Waals surface area contributed by atoms with Gasteiger partial charge in [0.15, 0.2) is 18.1 Å². The molecule has 142 valence electrons.